The van der Waals surface area contributed by atoms with E-state index < -0.39 is 0 Å². The average Bonchev–Trinajstić information content (AvgIpc) is 2.64. The first-order valence-electron chi connectivity index (χ1n) is 8.61. The SMILES string of the molecule is CCN(CC)c1ccc(NC(=S)NC(=O)c2ccccc2OC)c(C)c1. The van der Waals surface area contributed by atoms with Crippen LogP contribution in [0, 0.1) is 6.92 Å². The van der Waals surface area contributed by atoms with Gasteiger partial charge in [-0.15, -0.1) is 0 Å². The normalized spacial score (nSPS) is 10.2. The van der Waals surface area contributed by atoms with Crippen LogP contribution in [0.15, 0.2) is 42.5 Å². The molecule has 0 heterocycles. The molecular formula is C20H25N3O2S. The summed E-state index contributed by atoms with van der Waals surface area (Å²) in [5.41, 5.74) is 3.53. The smallest absolute Gasteiger partial charge is 0.261 e. The first kappa shape index (κ1) is 19.7. The maximum atomic E-state index is 12.4. The maximum Gasteiger partial charge on any atom is 0.261 e. The van der Waals surface area contributed by atoms with E-state index in [0.29, 0.717) is 11.3 Å². The molecule has 2 N–H and O–H groups in total. The minimum absolute atomic E-state index is 0.250. The molecule has 1 amide bonds. The van der Waals surface area contributed by atoms with E-state index in [-0.39, 0.29) is 11.0 Å². The minimum Gasteiger partial charge on any atom is -0.496 e. The van der Waals surface area contributed by atoms with Crippen molar-refractivity contribution in [1.29, 1.82) is 0 Å². The summed E-state index contributed by atoms with van der Waals surface area (Å²) in [5, 5.41) is 6.04. The fraction of sp³-hybridized carbons (Fsp3) is 0.300. The number of nitrogens with one attached hydrogen (secondary N) is 2. The number of rotatable bonds is 6. The number of ether oxygens (including phenoxy) is 1. The number of para-hydroxylation sites is 1. The van der Waals surface area contributed by atoms with E-state index in [1.54, 1.807) is 18.2 Å². The molecule has 2 rings (SSSR count). The molecule has 5 nitrogen and oxygen atoms in total. The predicted molar refractivity (Wildman–Crippen MR) is 111 cm³/mol. The number of carbonyl (C=O) groups excluding carboxylic acids is 1. The lowest BCUT2D eigenvalue weighted by atomic mass is 10.1. The van der Waals surface area contributed by atoms with Crippen molar-refractivity contribution < 1.29 is 9.53 Å². The van der Waals surface area contributed by atoms with Crippen molar-refractivity contribution in [3.63, 3.8) is 0 Å². The van der Waals surface area contributed by atoms with Crippen LogP contribution >= 0.6 is 12.2 Å². The van der Waals surface area contributed by atoms with Crippen LogP contribution in [-0.2, 0) is 0 Å². The van der Waals surface area contributed by atoms with Gasteiger partial charge in [0.05, 0.1) is 12.7 Å². The predicted octanol–water partition coefficient (Wildman–Crippen LogP) is 3.98. The molecule has 0 bridgehead atoms. The van der Waals surface area contributed by atoms with Crippen LogP contribution in [0.25, 0.3) is 0 Å². The highest BCUT2D eigenvalue weighted by atomic mass is 32.1. The summed E-state index contributed by atoms with van der Waals surface area (Å²) < 4.78 is 5.21. The standard InChI is InChI=1S/C20H25N3O2S/c1-5-23(6-2)15-11-12-17(14(3)13-15)21-20(26)22-19(24)16-9-7-8-10-18(16)25-4/h7-13H,5-6H2,1-4H3,(H2,21,22,24,26). The second kappa shape index (κ2) is 9.20. The van der Waals surface area contributed by atoms with Crippen LogP contribution in [0.1, 0.15) is 29.8 Å². The number of aryl methyl sites for hydroxylation is 1. The molecule has 0 atom stereocenters. The van der Waals surface area contributed by atoms with Gasteiger partial charge >= 0.3 is 0 Å². The summed E-state index contributed by atoms with van der Waals surface area (Å²) in [6.07, 6.45) is 0. The van der Waals surface area contributed by atoms with E-state index in [4.69, 9.17) is 17.0 Å². The van der Waals surface area contributed by atoms with Crippen molar-refractivity contribution in [1.82, 2.24) is 5.32 Å². The summed E-state index contributed by atoms with van der Waals surface area (Å²) in [4.78, 5) is 14.7. The monoisotopic (exact) mass is 371 g/mol. The molecule has 0 radical (unpaired) electrons. The fourth-order valence-electron chi connectivity index (χ4n) is 2.73. The molecule has 0 aliphatic heterocycles. The van der Waals surface area contributed by atoms with Gasteiger partial charge in [-0.2, -0.15) is 0 Å². The third-order valence-corrected chi connectivity index (χ3v) is 4.37. The molecule has 138 valence electrons. The number of methoxy groups -OCH3 is 1. The zero-order valence-electron chi connectivity index (χ0n) is 15.6. The summed E-state index contributed by atoms with van der Waals surface area (Å²) in [5.74, 6) is 0.199. The molecule has 6 heteroatoms. The maximum absolute atomic E-state index is 12.4. The number of hydrogen-bond acceptors (Lipinski definition) is 4. The van der Waals surface area contributed by atoms with Gasteiger partial charge in [0.25, 0.3) is 5.91 Å². The Kier molecular flexibility index (Phi) is 6.97. The van der Waals surface area contributed by atoms with Crippen LogP contribution in [-0.4, -0.2) is 31.2 Å². The molecule has 0 saturated carbocycles. The van der Waals surface area contributed by atoms with Gasteiger partial charge in [-0.25, -0.2) is 0 Å². The van der Waals surface area contributed by atoms with E-state index in [1.165, 1.54) is 12.8 Å². The molecule has 0 aliphatic rings. The number of benzene rings is 2. The number of thiocarbonyl (C=S) groups is 1. The Morgan fingerprint density at radius 1 is 1.15 bits per heavy atom. The summed E-state index contributed by atoms with van der Waals surface area (Å²) in [7, 11) is 1.53. The molecule has 0 fully saturated rings. The van der Waals surface area contributed by atoms with Crippen LogP contribution in [0.3, 0.4) is 0 Å². The fourth-order valence-corrected chi connectivity index (χ4v) is 2.93. The van der Waals surface area contributed by atoms with E-state index in [2.05, 4.69) is 35.4 Å². The quantitative estimate of drug-likeness (QED) is 0.753. The lowest BCUT2D eigenvalue weighted by molar-refractivity contribution is 0.0975. The van der Waals surface area contributed by atoms with E-state index >= 15 is 0 Å². The molecule has 0 saturated heterocycles. The largest absolute Gasteiger partial charge is 0.496 e. The molecule has 26 heavy (non-hydrogen) atoms. The Balaban J connectivity index is 2.07. The van der Waals surface area contributed by atoms with Crippen molar-refractivity contribution in [2.45, 2.75) is 20.8 Å². The van der Waals surface area contributed by atoms with Gasteiger partial charge in [-0.1, -0.05) is 12.1 Å². The van der Waals surface area contributed by atoms with Gasteiger partial charge in [-0.05, 0) is 68.9 Å². The van der Waals surface area contributed by atoms with Crippen molar-refractivity contribution >= 4 is 34.6 Å². The third kappa shape index (κ3) is 4.73. The van der Waals surface area contributed by atoms with E-state index in [1.807, 2.05) is 25.1 Å². The molecule has 2 aromatic carbocycles. The summed E-state index contributed by atoms with van der Waals surface area (Å²) in [6, 6.07) is 13.2. The first-order chi connectivity index (χ1) is 12.5. The van der Waals surface area contributed by atoms with Crippen LogP contribution in [0.5, 0.6) is 5.75 Å². The third-order valence-electron chi connectivity index (χ3n) is 4.17. The number of anilines is 2. The second-order valence-corrected chi connectivity index (χ2v) is 6.19. The van der Waals surface area contributed by atoms with Gasteiger partial charge in [0.2, 0.25) is 0 Å². The zero-order chi connectivity index (χ0) is 19.1. The first-order valence-corrected chi connectivity index (χ1v) is 9.01. The van der Waals surface area contributed by atoms with Crippen molar-refractivity contribution in [3.05, 3.63) is 53.6 Å². The van der Waals surface area contributed by atoms with Crippen LogP contribution in [0.4, 0.5) is 11.4 Å². The Bertz CT molecular complexity index is 788. The molecule has 0 spiro atoms. The summed E-state index contributed by atoms with van der Waals surface area (Å²) >= 11 is 5.29. The Labute approximate surface area is 160 Å². The topological polar surface area (TPSA) is 53.6 Å². The molecule has 2 aromatic rings. The summed E-state index contributed by atoms with van der Waals surface area (Å²) in [6.45, 7) is 8.19. The average molecular weight is 372 g/mol. The highest BCUT2D eigenvalue weighted by Gasteiger charge is 2.13. The van der Waals surface area contributed by atoms with Gasteiger partial charge in [-0.3, -0.25) is 10.1 Å². The molecule has 0 aliphatic carbocycles. The van der Waals surface area contributed by atoms with E-state index in [9.17, 15) is 4.79 Å². The number of nitrogens with zero attached hydrogens (tertiary/aromatic N) is 1. The number of amides is 1. The Morgan fingerprint density at radius 3 is 2.46 bits per heavy atom. The highest BCUT2D eigenvalue weighted by Crippen LogP contribution is 2.23. The Hall–Kier alpha value is -2.60. The molecular weight excluding hydrogens is 346 g/mol. The zero-order valence-corrected chi connectivity index (χ0v) is 16.4. The Morgan fingerprint density at radius 2 is 1.85 bits per heavy atom. The van der Waals surface area contributed by atoms with Gasteiger partial charge < -0.3 is 15.0 Å². The van der Waals surface area contributed by atoms with Crippen molar-refractivity contribution in [3.8, 4) is 5.75 Å². The minimum atomic E-state index is -0.308. The lowest BCUT2D eigenvalue weighted by Gasteiger charge is -2.22. The molecule has 0 unspecified atom stereocenters. The highest BCUT2D eigenvalue weighted by molar-refractivity contribution is 7.80. The van der Waals surface area contributed by atoms with Crippen LogP contribution in [0.2, 0.25) is 0 Å². The molecule has 0 aromatic heterocycles. The van der Waals surface area contributed by atoms with Gasteiger partial charge in [0.15, 0.2) is 5.11 Å². The van der Waals surface area contributed by atoms with Crippen molar-refractivity contribution in [2.75, 3.05) is 30.4 Å². The second-order valence-electron chi connectivity index (χ2n) is 5.78. The van der Waals surface area contributed by atoms with Crippen molar-refractivity contribution in [2.24, 2.45) is 0 Å². The number of hydrogen-bond donors (Lipinski definition) is 2. The van der Waals surface area contributed by atoms with Crippen LogP contribution < -0.4 is 20.3 Å². The van der Waals surface area contributed by atoms with Gasteiger partial charge in [0.1, 0.15) is 5.75 Å². The number of carbonyl (C=O) groups is 1. The van der Waals surface area contributed by atoms with E-state index in [0.717, 1.165) is 24.3 Å². The lowest BCUT2D eigenvalue weighted by Crippen LogP contribution is -2.34. The van der Waals surface area contributed by atoms with Gasteiger partial charge in [0, 0.05) is 24.5 Å².